The second-order valence-corrected chi connectivity index (χ2v) is 10.1. The van der Waals surface area contributed by atoms with Gasteiger partial charge in [0.1, 0.15) is 6.54 Å². The van der Waals surface area contributed by atoms with Gasteiger partial charge in [0.15, 0.2) is 11.0 Å². The van der Waals surface area contributed by atoms with Gasteiger partial charge in [-0.3, -0.25) is 19.1 Å². The molecule has 1 N–H and O–H groups in total. The Morgan fingerprint density at radius 1 is 1.24 bits per heavy atom. The van der Waals surface area contributed by atoms with Crippen molar-refractivity contribution in [2.24, 2.45) is 0 Å². The fourth-order valence-corrected chi connectivity index (χ4v) is 5.25. The van der Waals surface area contributed by atoms with Crippen LogP contribution in [0.1, 0.15) is 19.8 Å². The minimum atomic E-state index is -0.482. The van der Waals surface area contributed by atoms with Gasteiger partial charge >= 0.3 is 0 Å². The van der Waals surface area contributed by atoms with E-state index in [9.17, 15) is 9.59 Å². The first-order valence-electron chi connectivity index (χ1n) is 11.2. The van der Waals surface area contributed by atoms with Gasteiger partial charge in [0, 0.05) is 17.2 Å². The third-order valence-electron chi connectivity index (χ3n) is 5.90. The zero-order valence-electron chi connectivity index (χ0n) is 18.6. The molecule has 176 valence electrons. The molecule has 0 bridgehead atoms. The van der Waals surface area contributed by atoms with Crippen LogP contribution in [0.5, 0.6) is 0 Å². The summed E-state index contributed by atoms with van der Waals surface area (Å²) in [6, 6.07) is 14.8. The zero-order valence-corrected chi connectivity index (χ0v) is 20.2. The average Bonchev–Trinajstić information content (AvgIpc) is 3.49. The van der Waals surface area contributed by atoms with Crippen molar-refractivity contribution in [2.45, 2.75) is 42.8 Å². The van der Waals surface area contributed by atoms with E-state index in [-0.39, 0.29) is 24.5 Å². The number of nitrogens with one attached hydrogen (secondary N) is 1. The molecule has 0 aliphatic carbocycles. The van der Waals surface area contributed by atoms with Crippen molar-refractivity contribution in [3.05, 3.63) is 53.6 Å². The number of thioether (sulfide) groups is 1. The lowest BCUT2D eigenvalue weighted by atomic mass is 10.2. The van der Waals surface area contributed by atoms with Crippen molar-refractivity contribution in [1.29, 1.82) is 0 Å². The number of fused-ring (bicyclic) bond motifs is 1. The molecule has 2 amide bonds. The number of para-hydroxylation sites is 2. The van der Waals surface area contributed by atoms with E-state index in [4.69, 9.17) is 16.3 Å². The number of ether oxygens (including phenoxy) is 1. The first-order valence-corrected chi connectivity index (χ1v) is 12.4. The fourth-order valence-electron chi connectivity index (χ4n) is 4.20. The van der Waals surface area contributed by atoms with Gasteiger partial charge in [-0.25, -0.2) is 0 Å². The number of nitrogens with zero attached hydrogens (tertiary/aromatic N) is 4. The van der Waals surface area contributed by atoms with Gasteiger partial charge in [-0.1, -0.05) is 35.5 Å². The number of hydrogen-bond acceptors (Lipinski definition) is 6. The third-order valence-corrected chi connectivity index (χ3v) is 7.22. The monoisotopic (exact) mass is 497 g/mol. The van der Waals surface area contributed by atoms with Crippen molar-refractivity contribution in [3.8, 4) is 11.4 Å². The molecule has 3 aromatic rings. The normalized spacial score (nSPS) is 18.5. The Morgan fingerprint density at radius 3 is 2.79 bits per heavy atom. The number of amides is 2. The largest absolute Gasteiger partial charge is 0.376 e. The lowest BCUT2D eigenvalue weighted by molar-refractivity contribution is -0.121. The van der Waals surface area contributed by atoms with Gasteiger partial charge in [0.25, 0.3) is 0 Å². The molecule has 3 heterocycles. The maximum absolute atomic E-state index is 13.4. The molecule has 0 radical (unpaired) electrons. The number of anilines is 2. The van der Waals surface area contributed by atoms with E-state index in [0.29, 0.717) is 33.9 Å². The number of carbonyl (C=O) groups is 2. The summed E-state index contributed by atoms with van der Waals surface area (Å²) >= 11 is 7.40. The second kappa shape index (κ2) is 9.77. The molecule has 10 heteroatoms. The van der Waals surface area contributed by atoms with E-state index >= 15 is 0 Å². The van der Waals surface area contributed by atoms with Gasteiger partial charge in [-0.05, 0) is 56.2 Å². The smallest absolute Gasteiger partial charge is 0.244 e. The highest BCUT2D eigenvalue weighted by atomic mass is 35.5. The summed E-state index contributed by atoms with van der Waals surface area (Å²) in [7, 11) is 0. The summed E-state index contributed by atoms with van der Waals surface area (Å²) in [5.74, 6) is 0.333. The van der Waals surface area contributed by atoms with E-state index in [1.54, 1.807) is 6.07 Å². The second-order valence-electron chi connectivity index (χ2n) is 8.31. The summed E-state index contributed by atoms with van der Waals surface area (Å²) in [5.41, 5.74) is 2.22. The number of aromatic nitrogens is 3. The van der Waals surface area contributed by atoms with Crippen molar-refractivity contribution in [1.82, 2.24) is 14.8 Å². The van der Waals surface area contributed by atoms with Gasteiger partial charge in [0.2, 0.25) is 11.8 Å². The van der Waals surface area contributed by atoms with Crippen LogP contribution in [0.25, 0.3) is 11.4 Å². The predicted molar refractivity (Wildman–Crippen MR) is 132 cm³/mol. The quantitative estimate of drug-likeness (QED) is 0.512. The van der Waals surface area contributed by atoms with Crippen LogP contribution in [-0.2, 0) is 20.9 Å². The van der Waals surface area contributed by atoms with E-state index in [0.717, 1.165) is 25.0 Å². The van der Waals surface area contributed by atoms with Crippen LogP contribution in [0.4, 0.5) is 11.4 Å². The minimum absolute atomic E-state index is 0.0145. The molecule has 2 aliphatic heterocycles. The first-order chi connectivity index (χ1) is 16.5. The van der Waals surface area contributed by atoms with Crippen molar-refractivity contribution >= 4 is 46.6 Å². The van der Waals surface area contributed by atoms with E-state index < -0.39 is 5.25 Å². The Balaban J connectivity index is 1.41. The average molecular weight is 498 g/mol. The Kier molecular flexibility index (Phi) is 6.58. The van der Waals surface area contributed by atoms with Crippen LogP contribution in [0.2, 0.25) is 5.02 Å². The van der Waals surface area contributed by atoms with Crippen LogP contribution in [0.3, 0.4) is 0 Å². The van der Waals surface area contributed by atoms with Crippen LogP contribution >= 0.6 is 23.4 Å². The number of carbonyl (C=O) groups excluding carboxylic acids is 2. The summed E-state index contributed by atoms with van der Waals surface area (Å²) in [6.45, 7) is 3.16. The molecule has 1 saturated heterocycles. The molecular formula is C24H24ClN5O3S. The van der Waals surface area contributed by atoms with Gasteiger partial charge in [-0.15, -0.1) is 10.2 Å². The van der Waals surface area contributed by atoms with Crippen LogP contribution < -0.4 is 10.2 Å². The highest BCUT2D eigenvalue weighted by molar-refractivity contribution is 8.00. The minimum Gasteiger partial charge on any atom is -0.376 e. The number of halogens is 1. The molecule has 2 aromatic carbocycles. The number of rotatable bonds is 6. The SMILES string of the molecule is C[C@@H](Sc1nnc(-c2ccc(Cl)cc2)n1C[C@@H]1CCCO1)C(=O)N1CC(=O)Nc2ccccc21. The predicted octanol–water partition coefficient (Wildman–Crippen LogP) is 4.24. The van der Waals surface area contributed by atoms with Crippen molar-refractivity contribution in [3.63, 3.8) is 0 Å². The summed E-state index contributed by atoms with van der Waals surface area (Å²) in [4.78, 5) is 27.1. The molecule has 1 fully saturated rings. The molecule has 2 atom stereocenters. The fraction of sp³-hybridized carbons (Fsp3) is 0.333. The van der Waals surface area contributed by atoms with Crippen LogP contribution in [0, 0.1) is 0 Å². The lowest BCUT2D eigenvalue weighted by Gasteiger charge is -2.30. The van der Waals surface area contributed by atoms with Gasteiger partial charge < -0.3 is 10.1 Å². The maximum Gasteiger partial charge on any atom is 0.244 e. The molecule has 0 saturated carbocycles. The topological polar surface area (TPSA) is 89.3 Å². The standard InChI is InChI=1S/C24H24ClN5O3S/c1-15(23(32)29-14-21(31)26-19-6-2-3-7-20(19)29)34-24-28-27-22(16-8-10-17(25)11-9-16)30(24)13-18-5-4-12-33-18/h2-3,6-11,15,18H,4-5,12-14H2,1H3,(H,26,31)/t15-,18+/m1/s1. The Bertz CT molecular complexity index is 1210. The maximum atomic E-state index is 13.4. The molecule has 5 rings (SSSR count). The Morgan fingerprint density at radius 2 is 2.03 bits per heavy atom. The third kappa shape index (κ3) is 4.68. The lowest BCUT2D eigenvalue weighted by Crippen LogP contribution is -2.45. The Hall–Kier alpha value is -2.88. The highest BCUT2D eigenvalue weighted by Gasteiger charge is 2.31. The van der Waals surface area contributed by atoms with E-state index in [1.165, 1.54) is 16.7 Å². The van der Waals surface area contributed by atoms with Crippen molar-refractivity contribution < 1.29 is 14.3 Å². The van der Waals surface area contributed by atoms with Crippen molar-refractivity contribution in [2.75, 3.05) is 23.4 Å². The van der Waals surface area contributed by atoms with E-state index in [2.05, 4.69) is 15.5 Å². The van der Waals surface area contributed by atoms with Crippen LogP contribution in [0.15, 0.2) is 53.7 Å². The van der Waals surface area contributed by atoms with E-state index in [1.807, 2.05) is 54.0 Å². The summed E-state index contributed by atoms with van der Waals surface area (Å²) < 4.78 is 7.88. The molecule has 0 unspecified atom stereocenters. The number of hydrogen-bond donors (Lipinski definition) is 1. The van der Waals surface area contributed by atoms with Gasteiger partial charge in [0.05, 0.1) is 29.3 Å². The Labute approximate surface area is 206 Å². The molecular weight excluding hydrogens is 474 g/mol. The van der Waals surface area contributed by atoms with Crippen LogP contribution in [-0.4, -0.2) is 51.1 Å². The zero-order chi connectivity index (χ0) is 23.7. The molecule has 8 nitrogen and oxygen atoms in total. The first kappa shape index (κ1) is 22.9. The number of benzene rings is 2. The molecule has 34 heavy (non-hydrogen) atoms. The molecule has 1 aromatic heterocycles. The van der Waals surface area contributed by atoms with Gasteiger partial charge in [-0.2, -0.15) is 0 Å². The summed E-state index contributed by atoms with van der Waals surface area (Å²) in [5, 5.41) is 12.5. The molecule has 0 spiro atoms. The summed E-state index contributed by atoms with van der Waals surface area (Å²) in [6.07, 6.45) is 2.07. The highest BCUT2D eigenvalue weighted by Crippen LogP contribution is 2.33. The molecule has 2 aliphatic rings.